The van der Waals surface area contributed by atoms with E-state index in [1.807, 2.05) is 10.9 Å². The second-order valence-corrected chi connectivity index (χ2v) is 4.23. The van der Waals surface area contributed by atoms with Crippen molar-refractivity contribution >= 4 is 0 Å². The van der Waals surface area contributed by atoms with Crippen molar-refractivity contribution in [2.75, 3.05) is 13.1 Å². The van der Waals surface area contributed by atoms with Gasteiger partial charge in [0.2, 0.25) is 0 Å². The Balaban J connectivity index is 1.95. The molecular formula is C11H19N3O. The van der Waals surface area contributed by atoms with Crippen molar-refractivity contribution in [2.24, 2.45) is 5.92 Å². The van der Waals surface area contributed by atoms with Crippen LogP contribution in [0.15, 0.2) is 12.4 Å². The van der Waals surface area contributed by atoms with Gasteiger partial charge in [0.15, 0.2) is 0 Å². The zero-order valence-electron chi connectivity index (χ0n) is 9.19. The van der Waals surface area contributed by atoms with E-state index in [9.17, 15) is 5.11 Å². The summed E-state index contributed by atoms with van der Waals surface area (Å²) in [4.78, 5) is 0. The lowest BCUT2D eigenvalue weighted by Crippen LogP contribution is -2.40. The Morgan fingerprint density at radius 1 is 1.67 bits per heavy atom. The van der Waals surface area contributed by atoms with Gasteiger partial charge in [-0.15, -0.1) is 0 Å². The summed E-state index contributed by atoms with van der Waals surface area (Å²) in [5, 5.41) is 17.4. The average Bonchev–Trinajstić information content (AvgIpc) is 2.69. The molecule has 1 aromatic rings. The van der Waals surface area contributed by atoms with Crippen LogP contribution in [0.2, 0.25) is 0 Å². The number of hydrogen-bond donors (Lipinski definition) is 2. The first-order chi connectivity index (χ1) is 7.29. The van der Waals surface area contributed by atoms with Crippen molar-refractivity contribution in [1.29, 1.82) is 0 Å². The van der Waals surface area contributed by atoms with Gasteiger partial charge in [0.05, 0.1) is 12.3 Å². The molecule has 4 nitrogen and oxygen atoms in total. The maximum atomic E-state index is 9.83. The minimum absolute atomic E-state index is 0.156. The van der Waals surface area contributed by atoms with Crippen LogP contribution in [0.3, 0.4) is 0 Å². The van der Waals surface area contributed by atoms with E-state index in [4.69, 9.17) is 0 Å². The zero-order valence-corrected chi connectivity index (χ0v) is 9.19. The molecule has 1 fully saturated rings. The number of aliphatic hydroxyl groups is 1. The van der Waals surface area contributed by atoms with Crippen LogP contribution in [0.25, 0.3) is 0 Å². The molecule has 1 aliphatic heterocycles. The quantitative estimate of drug-likeness (QED) is 0.758. The summed E-state index contributed by atoms with van der Waals surface area (Å²) >= 11 is 0. The number of nitrogens with one attached hydrogen (secondary N) is 1. The van der Waals surface area contributed by atoms with Crippen LogP contribution in [-0.4, -0.2) is 34.1 Å². The largest absolute Gasteiger partial charge is 0.393 e. The Kier molecular flexibility index (Phi) is 3.38. The minimum Gasteiger partial charge on any atom is -0.393 e. The van der Waals surface area contributed by atoms with E-state index < -0.39 is 0 Å². The Bertz CT molecular complexity index is 311. The third kappa shape index (κ3) is 2.58. The summed E-state index contributed by atoms with van der Waals surface area (Å²) in [7, 11) is 0. The second kappa shape index (κ2) is 4.77. The molecule has 84 valence electrons. The molecule has 15 heavy (non-hydrogen) atoms. The number of nitrogens with zero attached hydrogens (tertiary/aromatic N) is 2. The molecule has 0 radical (unpaired) electrons. The van der Waals surface area contributed by atoms with Gasteiger partial charge < -0.3 is 10.4 Å². The maximum Gasteiger partial charge on any atom is 0.0595 e. The van der Waals surface area contributed by atoms with E-state index in [2.05, 4.69) is 23.5 Å². The van der Waals surface area contributed by atoms with Gasteiger partial charge >= 0.3 is 0 Å². The summed E-state index contributed by atoms with van der Waals surface area (Å²) in [5.74, 6) is 0.341. The van der Waals surface area contributed by atoms with E-state index in [0.29, 0.717) is 5.92 Å². The van der Waals surface area contributed by atoms with Gasteiger partial charge in [-0.2, -0.15) is 5.10 Å². The van der Waals surface area contributed by atoms with Crippen molar-refractivity contribution in [3.8, 4) is 0 Å². The lowest BCUT2D eigenvalue weighted by Gasteiger charge is -2.27. The Labute approximate surface area is 90.3 Å². The first-order valence-electron chi connectivity index (χ1n) is 5.69. The highest BCUT2D eigenvalue weighted by molar-refractivity contribution is 5.06. The number of piperidine rings is 1. The third-order valence-corrected chi connectivity index (χ3v) is 3.08. The molecule has 0 amide bonds. The molecule has 0 bridgehead atoms. The number of hydrogen-bond acceptors (Lipinski definition) is 3. The maximum absolute atomic E-state index is 9.83. The SMILES string of the molecule is CCn1cc(CC2CNCCC2O)cn1. The molecule has 2 heterocycles. The number of aliphatic hydroxyl groups excluding tert-OH is 1. The molecule has 0 aromatic carbocycles. The summed E-state index contributed by atoms with van der Waals surface area (Å²) in [6.45, 7) is 4.84. The van der Waals surface area contributed by atoms with Gasteiger partial charge in [-0.3, -0.25) is 4.68 Å². The van der Waals surface area contributed by atoms with Crippen molar-refractivity contribution in [2.45, 2.75) is 32.4 Å². The van der Waals surface area contributed by atoms with Crippen molar-refractivity contribution in [3.63, 3.8) is 0 Å². The van der Waals surface area contributed by atoms with Crippen molar-refractivity contribution in [1.82, 2.24) is 15.1 Å². The minimum atomic E-state index is -0.156. The van der Waals surface area contributed by atoms with Crippen LogP contribution < -0.4 is 5.32 Å². The smallest absolute Gasteiger partial charge is 0.0595 e. The first-order valence-corrected chi connectivity index (χ1v) is 5.69. The molecule has 2 atom stereocenters. The molecule has 0 aliphatic carbocycles. The van der Waals surface area contributed by atoms with E-state index >= 15 is 0 Å². The van der Waals surface area contributed by atoms with Crippen molar-refractivity contribution in [3.05, 3.63) is 18.0 Å². The number of aromatic nitrogens is 2. The molecule has 1 saturated heterocycles. The Morgan fingerprint density at radius 2 is 2.53 bits per heavy atom. The predicted molar refractivity (Wildman–Crippen MR) is 58.6 cm³/mol. The van der Waals surface area contributed by atoms with Gasteiger partial charge in [-0.25, -0.2) is 0 Å². The Hall–Kier alpha value is -0.870. The normalized spacial score (nSPS) is 26.8. The fourth-order valence-corrected chi connectivity index (χ4v) is 2.10. The molecule has 1 aromatic heterocycles. The zero-order chi connectivity index (χ0) is 10.7. The van der Waals surface area contributed by atoms with Crippen LogP contribution in [0.1, 0.15) is 18.9 Å². The molecule has 4 heteroatoms. The third-order valence-electron chi connectivity index (χ3n) is 3.08. The summed E-state index contributed by atoms with van der Waals surface area (Å²) in [5.41, 5.74) is 1.23. The van der Waals surface area contributed by atoms with E-state index in [1.165, 1.54) is 5.56 Å². The summed E-state index contributed by atoms with van der Waals surface area (Å²) in [6, 6.07) is 0. The van der Waals surface area contributed by atoms with Gasteiger partial charge in [0.25, 0.3) is 0 Å². The highest BCUT2D eigenvalue weighted by Gasteiger charge is 2.23. The van der Waals surface area contributed by atoms with Gasteiger partial charge in [-0.05, 0) is 31.9 Å². The van der Waals surface area contributed by atoms with Crippen LogP contribution in [0, 0.1) is 5.92 Å². The standard InChI is InChI=1S/C11H19N3O/c1-2-14-8-9(6-13-14)5-10-7-12-4-3-11(10)15/h6,8,10-12,15H,2-5,7H2,1H3. The number of rotatable bonds is 3. The topological polar surface area (TPSA) is 50.1 Å². The Morgan fingerprint density at radius 3 is 3.20 bits per heavy atom. The van der Waals surface area contributed by atoms with E-state index in [-0.39, 0.29) is 6.10 Å². The van der Waals surface area contributed by atoms with Gasteiger partial charge in [0.1, 0.15) is 0 Å². The van der Waals surface area contributed by atoms with Crippen molar-refractivity contribution < 1.29 is 5.11 Å². The molecule has 1 aliphatic rings. The van der Waals surface area contributed by atoms with Gasteiger partial charge in [0, 0.05) is 25.2 Å². The first kappa shape index (κ1) is 10.6. The fraction of sp³-hybridized carbons (Fsp3) is 0.727. The molecule has 2 N–H and O–H groups in total. The average molecular weight is 209 g/mol. The lowest BCUT2D eigenvalue weighted by molar-refractivity contribution is 0.0791. The molecule has 0 spiro atoms. The van der Waals surface area contributed by atoms with Gasteiger partial charge in [-0.1, -0.05) is 0 Å². The lowest BCUT2D eigenvalue weighted by atomic mass is 9.91. The monoisotopic (exact) mass is 209 g/mol. The molecule has 0 saturated carbocycles. The predicted octanol–water partition coefficient (Wildman–Crippen LogP) is 0.416. The summed E-state index contributed by atoms with van der Waals surface area (Å²) < 4.78 is 1.93. The van der Waals surface area contributed by atoms with E-state index in [0.717, 1.165) is 32.5 Å². The molecule has 2 unspecified atom stereocenters. The van der Waals surface area contributed by atoms with Crippen LogP contribution >= 0.6 is 0 Å². The molecule has 2 rings (SSSR count). The highest BCUT2D eigenvalue weighted by atomic mass is 16.3. The second-order valence-electron chi connectivity index (χ2n) is 4.23. The van der Waals surface area contributed by atoms with Crippen LogP contribution in [0.4, 0.5) is 0 Å². The number of aryl methyl sites for hydroxylation is 1. The van der Waals surface area contributed by atoms with Crippen LogP contribution in [0.5, 0.6) is 0 Å². The summed E-state index contributed by atoms with van der Waals surface area (Å²) in [6.07, 6.45) is 5.61. The molecular weight excluding hydrogens is 190 g/mol. The fourth-order valence-electron chi connectivity index (χ4n) is 2.10. The van der Waals surface area contributed by atoms with E-state index in [1.54, 1.807) is 0 Å². The highest BCUT2D eigenvalue weighted by Crippen LogP contribution is 2.16. The van der Waals surface area contributed by atoms with Crippen LogP contribution in [-0.2, 0) is 13.0 Å².